The van der Waals surface area contributed by atoms with Crippen molar-refractivity contribution in [2.75, 3.05) is 9.80 Å². The Bertz CT molecular complexity index is 2920. The molecule has 3 nitrogen and oxygen atoms in total. The maximum Gasteiger partial charge on any atom is 0.155 e. The van der Waals surface area contributed by atoms with Crippen LogP contribution in [0.5, 0.6) is 11.5 Å². The molecular formula is C64H66N2O. The highest BCUT2D eigenvalue weighted by Crippen LogP contribution is 2.54. The molecule has 338 valence electrons. The van der Waals surface area contributed by atoms with Gasteiger partial charge in [-0.1, -0.05) is 193 Å². The Balaban J connectivity index is 0.000000294. The predicted octanol–water partition coefficient (Wildman–Crippen LogP) is 18.4. The second kappa shape index (κ2) is 19.9. The van der Waals surface area contributed by atoms with Crippen LogP contribution in [-0.4, -0.2) is 0 Å². The van der Waals surface area contributed by atoms with Crippen molar-refractivity contribution in [2.45, 2.75) is 104 Å². The van der Waals surface area contributed by atoms with Crippen molar-refractivity contribution in [2.24, 2.45) is 0 Å². The summed E-state index contributed by atoms with van der Waals surface area (Å²) in [6.45, 7) is 16.2. The average Bonchev–Trinajstić information content (AvgIpc) is 3.36. The zero-order valence-electron chi connectivity index (χ0n) is 40.6. The standard InChI is InChI=1S/C49H49NO.C15H17N/c1-7-8-11-24-42(37-20-12-9-13-21-37)38-28-30-39(31-29-38)49(5,6)36(4)47-34(2)19-18-25-43(47)41-32-33-45-48(35(41)3)51-46-27-17-16-26-44(46)50(45)40-22-14-10-15-23-40;1-2-14-13-10-6-7-11-15(13)16(14)12-8-4-3-5-9-12/h9-10,12-33,36H,7-8,11H2,1-6H3;4,6-11,14H,2-3,5H2,1H3/b42-24+;. The highest BCUT2D eigenvalue weighted by molar-refractivity contribution is 5.90. The summed E-state index contributed by atoms with van der Waals surface area (Å²) >= 11 is 0. The maximum atomic E-state index is 6.74. The highest BCUT2D eigenvalue weighted by Gasteiger charge is 2.35. The van der Waals surface area contributed by atoms with E-state index in [0.29, 0.717) is 6.04 Å². The zero-order chi connectivity index (χ0) is 46.5. The molecular weight excluding hydrogens is 813 g/mol. The van der Waals surface area contributed by atoms with Crippen molar-refractivity contribution < 1.29 is 4.74 Å². The third-order valence-corrected chi connectivity index (χ3v) is 14.5. The van der Waals surface area contributed by atoms with Gasteiger partial charge in [0.2, 0.25) is 0 Å². The molecule has 0 N–H and O–H groups in total. The Morgan fingerprint density at radius 1 is 0.687 bits per heavy atom. The van der Waals surface area contributed by atoms with E-state index in [0.717, 1.165) is 40.5 Å². The summed E-state index contributed by atoms with van der Waals surface area (Å²) in [4.78, 5) is 4.80. The third-order valence-electron chi connectivity index (χ3n) is 14.5. The normalized spacial score (nSPS) is 15.5. The van der Waals surface area contributed by atoms with E-state index in [4.69, 9.17) is 4.74 Å². The molecule has 3 aliphatic rings. The molecule has 2 heterocycles. The van der Waals surface area contributed by atoms with Gasteiger partial charge in [0, 0.05) is 22.6 Å². The number of unbranched alkanes of at least 4 members (excludes halogenated alkanes) is 2. The summed E-state index contributed by atoms with van der Waals surface area (Å²) in [7, 11) is 0. The molecule has 0 amide bonds. The molecule has 1 aliphatic carbocycles. The van der Waals surface area contributed by atoms with Gasteiger partial charge in [0.25, 0.3) is 0 Å². The van der Waals surface area contributed by atoms with Crippen LogP contribution in [0.15, 0.2) is 194 Å². The number of benzene rings is 7. The van der Waals surface area contributed by atoms with Crippen molar-refractivity contribution in [1.82, 2.24) is 0 Å². The monoisotopic (exact) mass is 879 g/mol. The number of para-hydroxylation sites is 4. The van der Waals surface area contributed by atoms with Gasteiger partial charge in [-0.25, -0.2) is 0 Å². The SMILES string of the molecule is CCC1c2ccccc2N1C1=CCCC=C1.CCCC/C=C(\c1ccccc1)c1ccc(C(C)(C)C(C)c2c(C)cccc2-c2ccc3c(c2C)Oc2ccccc2N3c2ccccc2)cc1. The van der Waals surface area contributed by atoms with E-state index in [9.17, 15) is 0 Å². The van der Waals surface area contributed by atoms with Crippen LogP contribution in [0, 0.1) is 13.8 Å². The van der Waals surface area contributed by atoms with Gasteiger partial charge in [-0.3, -0.25) is 0 Å². The van der Waals surface area contributed by atoms with Crippen LogP contribution < -0.4 is 14.5 Å². The Hall–Kier alpha value is -6.84. The minimum absolute atomic E-state index is 0.125. The summed E-state index contributed by atoms with van der Waals surface area (Å²) in [5.74, 6) is 2.02. The lowest BCUT2D eigenvalue weighted by molar-refractivity contribution is 0.436. The van der Waals surface area contributed by atoms with Crippen LogP contribution in [0.2, 0.25) is 0 Å². The van der Waals surface area contributed by atoms with E-state index in [2.05, 4.69) is 240 Å². The van der Waals surface area contributed by atoms with E-state index in [1.54, 1.807) is 0 Å². The number of rotatable bonds is 12. The van der Waals surface area contributed by atoms with E-state index in [-0.39, 0.29) is 11.3 Å². The molecule has 0 saturated heterocycles. The van der Waals surface area contributed by atoms with Crippen LogP contribution in [0.1, 0.15) is 124 Å². The molecule has 0 saturated carbocycles. The van der Waals surface area contributed by atoms with E-state index < -0.39 is 0 Å². The molecule has 0 radical (unpaired) electrons. The van der Waals surface area contributed by atoms with Gasteiger partial charge < -0.3 is 14.5 Å². The molecule has 3 heteroatoms. The Kier molecular flexibility index (Phi) is 13.5. The van der Waals surface area contributed by atoms with Gasteiger partial charge in [0.1, 0.15) is 0 Å². The first kappa shape index (κ1) is 45.3. The lowest BCUT2D eigenvalue weighted by Crippen LogP contribution is -2.36. The fourth-order valence-corrected chi connectivity index (χ4v) is 10.5. The van der Waals surface area contributed by atoms with Crippen molar-refractivity contribution in [3.05, 3.63) is 233 Å². The number of hydrogen-bond acceptors (Lipinski definition) is 3. The quantitative estimate of drug-likeness (QED) is 0.114. The number of anilines is 4. The summed E-state index contributed by atoms with van der Waals surface area (Å²) in [6, 6.07) is 59.7. The minimum Gasteiger partial charge on any atom is -0.453 e. The second-order valence-corrected chi connectivity index (χ2v) is 19.0. The van der Waals surface area contributed by atoms with Crippen molar-refractivity contribution in [1.29, 1.82) is 0 Å². The molecule has 0 fully saturated rings. The zero-order valence-corrected chi connectivity index (χ0v) is 40.6. The molecule has 2 unspecified atom stereocenters. The first-order valence-corrected chi connectivity index (χ1v) is 24.7. The minimum atomic E-state index is -0.125. The van der Waals surface area contributed by atoms with Crippen molar-refractivity contribution in [3.8, 4) is 22.6 Å². The van der Waals surface area contributed by atoms with E-state index in [1.807, 2.05) is 6.07 Å². The molecule has 2 aliphatic heterocycles. The van der Waals surface area contributed by atoms with Gasteiger partial charge in [0.15, 0.2) is 11.5 Å². The Labute approximate surface area is 400 Å². The molecule has 7 aromatic carbocycles. The molecule has 10 rings (SSSR count). The molecule has 2 atom stereocenters. The number of fused-ring (bicyclic) bond motifs is 3. The number of allylic oxidation sites excluding steroid dienone is 4. The smallest absolute Gasteiger partial charge is 0.155 e. The van der Waals surface area contributed by atoms with Crippen LogP contribution in [0.3, 0.4) is 0 Å². The predicted molar refractivity (Wildman–Crippen MR) is 285 cm³/mol. The van der Waals surface area contributed by atoms with Gasteiger partial charge >= 0.3 is 0 Å². The Morgan fingerprint density at radius 3 is 2.09 bits per heavy atom. The van der Waals surface area contributed by atoms with Crippen LogP contribution in [0.25, 0.3) is 16.7 Å². The molecule has 0 spiro atoms. The summed E-state index contributed by atoms with van der Waals surface area (Å²) < 4.78 is 6.74. The fourth-order valence-electron chi connectivity index (χ4n) is 10.5. The Morgan fingerprint density at radius 2 is 1.37 bits per heavy atom. The highest BCUT2D eigenvalue weighted by atomic mass is 16.5. The van der Waals surface area contributed by atoms with Gasteiger partial charge in [-0.15, -0.1) is 0 Å². The fraction of sp³-hybridized carbons (Fsp3) is 0.250. The van der Waals surface area contributed by atoms with Crippen LogP contribution >= 0.6 is 0 Å². The lowest BCUT2D eigenvalue weighted by Gasteiger charge is -2.45. The number of aryl methyl sites for hydroxylation is 1. The molecule has 7 aromatic rings. The van der Waals surface area contributed by atoms with Crippen LogP contribution in [0.4, 0.5) is 22.7 Å². The second-order valence-electron chi connectivity index (χ2n) is 19.0. The summed E-state index contributed by atoms with van der Waals surface area (Å²) in [5.41, 5.74) is 18.9. The lowest BCUT2D eigenvalue weighted by atomic mass is 9.68. The van der Waals surface area contributed by atoms with E-state index >= 15 is 0 Å². The van der Waals surface area contributed by atoms with Gasteiger partial charge in [-0.2, -0.15) is 0 Å². The van der Waals surface area contributed by atoms with Crippen LogP contribution in [-0.2, 0) is 5.41 Å². The van der Waals surface area contributed by atoms with Crippen molar-refractivity contribution in [3.63, 3.8) is 0 Å². The first-order valence-electron chi connectivity index (χ1n) is 24.7. The largest absolute Gasteiger partial charge is 0.453 e. The number of nitrogens with zero attached hydrogens (tertiary/aromatic N) is 2. The third kappa shape index (κ3) is 8.93. The van der Waals surface area contributed by atoms with Gasteiger partial charge in [0.05, 0.1) is 17.4 Å². The molecule has 0 bridgehead atoms. The topological polar surface area (TPSA) is 15.7 Å². The summed E-state index contributed by atoms with van der Waals surface area (Å²) in [6.07, 6.45) is 16.4. The summed E-state index contributed by atoms with van der Waals surface area (Å²) in [5, 5.41) is 0. The average molecular weight is 879 g/mol. The molecule has 0 aromatic heterocycles. The van der Waals surface area contributed by atoms with Crippen molar-refractivity contribution >= 4 is 28.3 Å². The first-order chi connectivity index (χ1) is 32.7. The molecule has 67 heavy (non-hydrogen) atoms. The maximum absolute atomic E-state index is 6.74. The number of hydrogen-bond donors (Lipinski definition) is 0. The number of ether oxygens (including phenoxy) is 1. The van der Waals surface area contributed by atoms with Gasteiger partial charge in [-0.05, 0) is 143 Å². The van der Waals surface area contributed by atoms with E-state index in [1.165, 1.54) is 93.6 Å².